The number of hydrazone groups is 1. The largest absolute Gasteiger partial charge is 0.416 e. The predicted molar refractivity (Wildman–Crippen MR) is 94.9 cm³/mol. The summed E-state index contributed by atoms with van der Waals surface area (Å²) in [5.41, 5.74) is -0.869. The van der Waals surface area contributed by atoms with Crippen LogP contribution < -0.4 is 10.3 Å². The van der Waals surface area contributed by atoms with Gasteiger partial charge < -0.3 is 5.32 Å². The first kappa shape index (κ1) is 19.2. The van der Waals surface area contributed by atoms with Crippen molar-refractivity contribution < 1.29 is 22.8 Å². The molecule has 0 spiro atoms. The highest BCUT2D eigenvalue weighted by Gasteiger charge is 2.35. The Morgan fingerprint density at radius 3 is 2.26 bits per heavy atom. The number of nitrogens with one attached hydrogen (secondary N) is 1. The van der Waals surface area contributed by atoms with Crippen molar-refractivity contribution in [2.45, 2.75) is 12.6 Å². The number of halogens is 5. The van der Waals surface area contributed by atoms with Gasteiger partial charge in [-0.15, -0.1) is 0 Å². The zero-order chi connectivity index (χ0) is 19.8. The van der Waals surface area contributed by atoms with Crippen LogP contribution in [0.3, 0.4) is 0 Å². The predicted octanol–water partition coefficient (Wildman–Crippen LogP) is 4.49. The lowest BCUT2D eigenvalue weighted by atomic mass is 10.2. The van der Waals surface area contributed by atoms with Crippen molar-refractivity contribution in [3.8, 4) is 0 Å². The lowest BCUT2D eigenvalue weighted by molar-refractivity contribution is -0.137. The molecule has 1 heterocycles. The molecule has 27 heavy (non-hydrogen) atoms. The maximum atomic E-state index is 12.8. The molecule has 1 N–H and O–H groups in total. The molecule has 0 saturated carbocycles. The van der Waals surface area contributed by atoms with Crippen molar-refractivity contribution in [2.24, 2.45) is 5.10 Å². The summed E-state index contributed by atoms with van der Waals surface area (Å²) in [5.74, 6) is -1.04. The van der Waals surface area contributed by atoms with E-state index in [2.05, 4.69) is 10.4 Å². The molecule has 10 heteroatoms. The SMILES string of the molecule is O=C(NC1=NN(c2c(Cl)cc(C(F)(F)F)cc2Cl)C(=O)C1)c1ccccc1. The van der Waals surface area contributed by atoms with E-state index in [1.54, 1.807) is 30.3 Å². The van der Waals surface area contributed by atoms with Crippen LogP contribution in [-0.4, -0.2) is 17.6 Å². The molecule has 0 radical (unpaired) electrons. The molecule has 5 nitrogen and oxygen atoms in total. The molecular formula is C17H10Cl2F3N3O2. The van der Waals surface area contributed by atoms with Gasteiger partial charge >= 0.3 is 6.18 Å². The molecular weight excluding hydrogens is 406 g/mol. The first-order chi connectivity index (χ1) is 12.7. The zero-order valence-corrected chi connectivity index (χ0v) is 14.9. The second-order valence-corrected chi connectivity index (χ2v) is 6.35. The van der Waals surface area contributed by atoms with Gasteiger partial charge in [0.1, 0.15) is 11.5 Å². The van der Waals surface area contributed by atoms with E-state index in [1.165, 1.54) is 0 Å². The number of anilines is 1. The minimum atomic E-state index is -4.64. The van der Waals surface area contributed by atoms with Crippen molar-refractivity contribution in [1.82, 2.24) is 5.32 Å². The Kier molecular flexibility index (Phi) is 5.12. The summed E-state index contributed by atoms with van der Waals surface area (Å²) in [5, 5.41) is 6.43. The molecule has 2 aromatic rings. The molecule has 140 valence electrons. The third-order valence-corrected chi connectivity index (χ3v) is 4.20. The number of hydrogen-bond donors (Lipinski definition) is 1. The van der Waals surface area contributed by atoms with Gasteiger partial charge in [-0.25, -0.2) is 0 Å². The topological polar surface area (TPSA) is 61.8 Å². The van der Waals surface area contributed by atoms with Gasteiger partial charge in [0, 0.05) is 5.56 Å². The fraction of sp³-hybridized carbons (Fsp3) is 0.118. The average molecular weight is 416 g/mol. The third-order valence-electron chi connectivity index (χ3n) is 3.63. The average Bonchev–Trinajstić information content (AvgIpc) is 2.94. The number of carbonyl (C=O) groups is 2. The van der Waals surface area contributed by atoms with Crippen LogP contribution in [0.5, 0.6) is 0 Å². The maximum absolute atomic E-state index is 12.8. The maximum Gasteiger partial charge on any atom is 0.416 e. The fourth-order valence-corrected chi connectivity index (χ4v) is 3.05. The third kappa shape index (κ3) is 4.06. The molecule has 0 aliphatic carbocycles. The van der Waals surface area contributed by atoms with Gasteiger partial charge in [0.25, 0.3) is 11.8 Å². The van der Waals surface area contributed by atoms with Crippen molar-refractivity contribution in [3.63, 3.8) is 0 Å². The van der Waals surface area contributed by atoms with Crippen LogP contribution in [0.25, 0.3) is 0 Å². The van der Waals surface area contributed by atoms with Crippen molar-refractivity contribution in [1.29, 1.82) is 0 Å². The van der Waals surface area contributed by atoms with E-state index in [4.69, 9.17) is 23.2 Å². The van der Waals surface area contributed by atoms with Crippen LogP contribution in [0, 0.1) is 0 Å². The van der Waals surface area contributed by atoms with Gasteiger partial charge in [-0.2, -0.15) is 23.3 Å². The van der Waals surface area contributed by atoms with E-state index in [0.29, 0.717) is 17.7 Å². The normalized spacial score (nSPS) is 14.3. The highest BCUT2D eigenvalue weighted by molar-refractivity contribution is 6.40. The second kappa shape index (κ2) is 7.21. The molecule has 0 bridgehead atoms. The Balaban J connectivity index is 1.87. The quantitative estimate of drug-likeness (QED) is 0.784. The summed E-state index contributed by atoms with van der Waals surface area (Å²) >= 11 is 11.8. The summed E-state index contributed by atoms with van der Waals surface area (Å²) in [6.07, 6.45) is -4.90. The van der Waals surface area contributed by atoms with Crippen molar-refractivity contribution in [3.05, 3.63) is 63.6 Å². The standard InChI is InChI=1S/C17H10Cl2F3N3O2/c18-11-6-10(17(20,21)22)7-12(19)15(11)25-14(26)8-13(24-25)23-16(27)9-4-2-1-3-5-9/h1-7H,8H2,(H,23,24,27). The number of amidine groups is 1. The Labute approximate surface area is 161 Å². The summed E-state index contributed by atoms with van der Waals surface area (Å²) in [6.45, 7) is 0. The minimum Gasteiger partial charge on any atom is -0.308 e. The number of amides is 2. The number of rotatable bonds is 2. The van der Waals surface area contributed by atoms with Gasteiger partial charge in [-0.1, -0.05) is 41.4 Å². The van der Waals surface area contributed by atoms with E-state index in [0.717, 1.165) is 5.01 Å². The molecule has 1 aliphatic rings. The van der Waals surface area contributed by atoms with Gasteiger partial charge in [0.05, 0.1) is 22.0 Å². The Morgan fingerprint density at radius 1 is 1.11 bits per heavy atom. The Morgan fingerprint density at radius 2 is 1.70 bits per heavy atom. The van der Waals surface area contributed by atoms with Gasteiger partial charge in [0.15, 0.2) is 0 Å². The molecule has 0 atom stereocenters. The number of alkyl halides is 3. The summed E-state index contributed by atoms with van der Waals surface area (Å²) < 4.78 is 38.5. The minimum absolute atomic E-state index is 0.0286. The van der Waals surface area contributed by atoms with E-state index in [9.17, 15) is 22.8 Å². The lowest BCUT2D eigenvalue weighted by Crippen LogP contribution is -2.29. The molecule has 0 unspecified atom stereocenters. The highest BCUT2D eigenvalue weighted by atomic mass is 35.5. The first-order valence-electron chi connectivity index (χ1n) is 7.50. The lowest BCUT2D eigenvalue weighted by Gasteiger charge is -2.17. The highest BCUT2D eigenvalue weighted by Crippen LogP contribution is 2.41. The molecule has 0 fully saturated rings. The number of benzene rings is 2. The van der Waals surface area contributed by atoms with Gasteiger partial charge in [-0.05, 0) is 24.3 Å². The van der Waals surface area contributed by atoms with Crippen LogP contribution >= 0.6 is 23.2 Å². The number of nitrogens with zero attached hydrogens (tertiary/aromatic N) is 2. The molecule has 2 amide bonds. The van der Waals surface area contributed by atoms with Crippen molar-refractivity contribution in [2.75, 3.05) is 5.01 Å². The Hall–Kier alpha value is -2.58. The first-order valence-corrected chi connectivity index (χ1v) is 8.25. The van der Waals surface area contributed by atoms with Crippen LogP contribution in [0.15, 0.2) is 47.6 Å². The molecule has 1 aliphatic heterocycles. The van der Waals surface area contributed by atoms with E-state index in [1.807, 2.05) is 0 Å². The van der Waals surface area contributed by atoms with Crippen LogP contribution in [-0.2, 0) is 11.0 Å². The second-order valence-electron chi connectivity index (χ2n) is 5.54. The molecule has 2 aromatic carbocycles. The van der Waals surface area contributed by atoms with Gasteiger partial charge in [-0.3, -0.25) is 9.59 Å². The monoisotopic (exact) mass is 415 g/mol. The summed E-state index contributed by atoms with van der Waals surface area (Å²) in [4.78, 5) is 24.4. The van der Waals surface area contributed by atoms with E-state index < -0.39 is 23.6 Å². The zero-order valence-electron chi connectivity index (χ0n) is 13.3. The molecule has 0 aromatic heterocycles. The summed E-state index contributed by atoms with van der Waals surface area (Å²) in [7, 11) is 0. The number of hydrogen-bond acceptors (Lipinski definition) is 3. The van der Waals surface area contributed by atoms with Crippen LogP contribution in [0.4, 0.5) is 18.9 Å². The summed E-state index contributed by atoms with van der Waals surface area (Å²) in [6, 6.07) is 9.55. The van der Waals surface area contributed by atoms with E-state index in [-0.39, 0.29) is 28.0 Å². The van der Waals surface area contributed by atoms with Crippen molar-refractivity contribution >= 4 is 46.5 Å². The molecule has 0 saturated heterocycles. The molecule has 3 rings (SSSR count). The van der Waals surface area contributed by atoms with Gasteiger partial charge in [0.2, 0.25) is 0 Å². The fourth-order valence-electron chi connectivity index (χ4n) is 2.40. The smallest absolute Gasteiger partial charge is 0.308 e. The number of carbonyl (C=O) groups excluding carboxylic acids is 2. The van der Waals surface area contributed by atoms with Crippen LogP contribution in [0.1, 0.15) is 22.3 Å². The van der Waals surface area contributed by atoms with E-state index >= 15 is 0 Å². The van der Waals surface area contributed by atoms with Crippen LogP contribution in [0.2, 0.25) is 10.0 Å². The Bertz CT molecular complexity index is 923.